The minimum absolute atomic E-state index is 0.267. The molecule has 0 aromatic heterocycles. The van der Waals surface area contributed by atoms with Gasteiger partial charge in [0.25, 0.3) is 0 Å². The van der Waals surface area contributed by atoms with Crippen LogP contribution in [0.3, 0.4) is 0 Å². The van der Waals surface area contributed by atoms with Crippen LogP contribution in [-0.2, 0) is 9.84 Å². The number of nitrogens with one attached hydrogen (secondary N) is 1. The van der Waals surface area contributed by atoms with Crippen molar-refractivity contribution in [2.24, 2.45) is 5.92 Å². The number of sulfone groups is 1. The topological polar surface area (TPSA) is 46.2 Å². The standard InChI is InChI=1S/C9H21NO2S/c1-8(2)5-6-13(11,12)9(3)7-10-4/h8-10H,5-7H2,1-4H3. The minimum Gasteiger partial charge on any atom is -0.318 e. The van der Waals surface area contributed by atoms with E-state index in [1.165, 1.54) is 0 Å². The lowest BCUT2D eigenvalue weighted by molar-refractivity contribution is 0.560. The van der Waals surface area contributed by atoms with Crippen molar-refractivity contribution in [3.63, 3.8) is 0 Å². The second-order valence-electron chi connectivity index (χ2n) is 3.92. The van der Waals surface area contributed by atoms with Crippen LogP contribution in [-0.4, -0.2) is 33.0 Å². The Morgan fingerprint density at radius 1 is 1.23 bits per heavy atom. The van der Waals surface area contributed by atoms with Gasteiger partial charge >= 0.3 is 0 Å². The van der Waals surface area contributed by atoms with Crippen molar-refractivity contribution < 1.29 is 8.42 Å². The monoisotopic (exact) mass is 207 g/mol. The second-order valence-corrected chi connectivity index (χ2v) is 6.46. The Hall–Kier alpha value is -0.0900. The highest BCUT2D eigenvalue weighted by Gasteiger charge is 2.19. The summed E-state index contributed by atoms with van der Waals surface area (Å²) in [5.41, 5.74) is 0. The molecule has 13 heavy (non-hydrogen) atoms. The van der Waals surface area contributed by atoms with Gasteiger partial charge in [0.05, 0.1) is 11.0 Å². The van der Waals surface area contributed by atoms with Crippen LogP contribution in [0.1, 0.15) is 27.2 Å². The molecule has 1 unspecified atom stereocenters. The fourth-order valence-corrected chi connectivity index (χ4v) is 2.64. The normalized spacial score (nSPS) is 14.8. The first-order valence-electron chi connectivity index (χ1n) is 4.76. The van der Waals surface area contributed by atoms with Gasteiger partial charge in [0.1, 0.15) is 0 Å². The van der Waals surface area contributed by atoms with Crippen molar-refractivity contribution in [1.82, 2.24) is 5.32 Å². The molecular formula is C9H21NO2S. The van der Waals surface area contributed by atoms with E-state index in [4.69, 9.17) is 0 Å². The molecule has 0 aliphatic carbocycles. The van der Waals surface area contributed by atoms with E-state index < -0.39 is 9.84 Å². The fraction of sp³-hybridized carbons (Fsp3) is 1.00. The molecule has 0 saturated carbocycles. The summed E-state index contributed by atoms with van der Waals surface area (Å²) in [4.78, 5) is 0. The zero-order chi connectivity index (χ0) is 10.5. The molecule has 1 N–H and O–H groups in total. The SMILES string of the molecule is CNCC(C)S(=O)(=O)CCC(C)C. The van der Waals surface area contributed by atoms with Crippen molar-refractivity contribution >= 4 is 9.84 Å². The first-order valence-corrected chi connectivity index (χ1v) is 6.48. The van der Waals surface area contributed by atoms with Crippen LogP contribution < -0.4 is 5.32 Å². The van der Waals surface area contributed by atoms with Crippen molar-refractivity contribution in [3.05, 3.63) is 0 Å². The van der Waals surface area contributed by atoms with Crippen LogP contribution in [0.2, 0.25) is 0 Å². The molecule has 0 aliphatic heterocycles. The number of hydrogen-bond donors (Lipinski definition) is 1. The van der Waals surface area contributed by atoms with E-state index in [1.807, 2.05) is 13.8 Å². The molecule has 3 nitrogen and oxygen atoms in total. The summed E-state index contributed by atoms with van der Waals surface area (Å²) >= 11 is 0. The van der Waals surface area contributed by atoms with Crippen LogP contribution in [0.25, 0.3) is 0 Å². The van der Waals surface area contributed by atoms with Gasteiger partial charge in [0, 0.05) is 6.54 Å². The Balaban J connectivity index is 4.07. The highest BCUT2D eigenvalue weighted by Crippen LogP contribution is 2.07. The van der Waals surface area contributed by atoms with Crippen LogP contribution in [0.15, 0.2) is 0 Å². The lowest BCUT2D eigenvalue weighted by atomic mass is 10.2. The molecule has 0 aromatic rings. The van der Waals surface area contributed by atoms with Crippen LogP contribution in [0.5, 0.6) is 0 Å². The maximum atomic E-state index is 11.6. The molecule has 80 valence electrons. The van der Waals surface area contributed by atoms with E-state index in [0.29, 0.717) is 18.2 Å². The predicted octanol–water partition coefficient (Wildman–Crippen LogP) is 1.06. The molecule has 0 aromatic carbocycles. The summed E-state index contributed by atoms with van der Waals surface area (Å²) in [6.07, 6.45) is 0.760. The Kier molecular flexibility index (Phi) is 5.56. The average molecular weight is 207 g/mol. The highest BCUT2D eigenvalue weighted by molar-refractivity contribution is 7.92. The highest BCUT2D eigenvalue weighted by atomic mass is 32.2. The van der Waals surface area contributed by atoms with Crippen molar-refractivity contribution in [1.29, 1.82) is 0 Å². The molecule has 0 saturated heterocycles. The van der Waals surface area contributed by atoms with Gasteiger partial charge in [-0.1, -0.05) is 13.8 Å². The zero-order valence-corrected chi connectivity index (χ0v) is 9.82. The van der Waals surface area contributed by atoms with Crippen LogP contribution in [0, 0.1) is 5.92 Å². The van der Waals surface area contributed by atoms with Gasteiger partial charge in [-0.05, 0) is 26.3 Å². The van der Waals surface area contributed by atoms with Gasteiger partial charge in [0.15, 0.2) is 9.84 Å². The van der Waals surface area contributed by atoms with E-state index in [-0.39, 0.29) is 5.25 Å². The number of hydrogen-bond acceptors (Lipinski definition) is 3. The fourth-order valence-electron chi connectivity index (χ4n) is 1.02. The molecular weight excluding hydrogens is 186 g/mol. The number of rotatable bonds is 6. The van der Waals surface area contributed by atoms with E-state index in [0.717, 1.165) is 6.42 Å². The third kappa shape index (κ3) is 5.26. The van der Waals surface area contributed by atoms with Gasteiger partial charge in [-0.15, -0.1) is 0 Å². The Morgan fingerprint density at radius 2 is 1.77 bits per heavy atom. The van der Waals surface area contributed by atoms with Crippen molar-refractivity contribution in [3.8, 4) is 0 Å². The second kappa shape index (κ2) is 5.60. The molecule has 0 bridgehead atoms. The maximum Gasteiger partial charge on any atom is 0.154 e. The summed E-state index contributed by atoms with van der Waals surface area (Å²) in [6, 6.07) is 0. The van der Waals surface area contributed by atoms with Gasteiger partial charge in [0.2, 0.25) is 0 Å². The first-order chi connectivity index (χ1) is 5.90. The van der Waals surface area contributed by atoms with E-state index in [2.05, 4.69) is 5.32 Å². The van der Waals surface area contributed by atoms with Crippen LogP contribution >= 0.6 is 0 Å². The summed E-state index contributed by atoms with van der Waals surface area (Å²) in [7, 11) is -1.11. The Labute approximate surface area is 81.8 Å². The molecule has 0 amide bonds. The van der Waals surface area contributed by atoms with E-state index in [9.17, 15) is 8.42 Å². The lowest BCUT2D eigenvalue weighted by Crippen LogP contribution is -2.31. The third-order valence-corrected chi connectivity index (χ3v) is 4.28. The van der Waals surface area contributed by atoms with Gasteiger partial charge in [-0.3, -0.25) is 0 Å². The minimum atomic E-state index is -2.88. The van der Waals surface area contributed by atoms with Crippen LogP contribution in [0.4, 0.5) is 0 Å². The molecule has 0 heterocycles. The van der Waals surface area contributed by atoms with Gasteiger partial charge in [-0.25, -0.2) is 8.42 Å². The Bertz CT molecular complexity index is 222. The third-order valence-electron chi connectivity index (χ3n) is 2.08. The summed E-state index contributed by atoms with van der Waals surface area (Å²) in [5, 5.41) is 2.61. The van der Waals surface area contributed by atoms with E-state index >= 15 is 0 Å². The average Bonchev–Trinajstić information content (AvgIpc) is 2.01. The molecule has 0 radical (unpaired) electrons. The zero-order valence-electron chi connectivity index (χ0n) is 9.00. The molecule has 0 fully saturated rings. The largest absolute Gasteiger partial charge is 0.318 e. The molecule has 0 aliphatic rings. The first kappa shape index (κ1) is 12.9. The molecule has 4 heteroatoms. The summed E-state index contributed by atoms with van der Waals surface area (Å²) in [5.74, 6) is 0.768. The lowest BCUT2D eigenvalue weighted by Gasteiger charge is -2.12. The summed E-state index contributed by atoms with van der Waals surface area (Å²) < 4.78 is 23.2. The van der Waals surface area contributed by atoms with Crippen molar-refractivity contribution in [2.45, 2.75) is 32.4 Å². The Morgan fingerprint density at radius 3 is 2.15 bits per heavy atom. The quantitative estimate of drug-likeness (QED) is 0.708. The molecule has 1 atom stereocenters. The molecule has 0 spiro atoms. The predicted molar refractivity (Wildman–Crippen MR) is 56.6 cm³/mol. The van der Waals surface area contributed by atoms with Crippen molar-refractivity contribution in [2.75, 3.05) is 19.3 Å². The molecule has 0 rings (SSSR count). The smallest absolute Gasteiger partial charge is 0.154 e. The maximum absolute atomic E-state index is 11.6. The van der Waals surface area contributed by atoms with E-state index in [1.54, 1.807) is 14.0 Å². The van der Waals surface area contributed by atoms with Gasteiger partial charge < -0.3 is 5.32 Å². The van der Waals surface area contributed by atoms with Gasteiger partial charge in [-0.2, -0.15) is 0 Å². The summed E-state index contributed by atoms with van der Waals surface area (Å²) in [6.45, 7) is 6.38.